The summed E-state index contributed by atoms with van der Waals surface area (Å²) in [6, 6.07) is 30.9. The summed E-state index contributed by atoms with van der Waals surface area (Å²) in [5.74, 6) is -0.354. The van der Waals surface area contributed by atoms with Gasteiger partial charge in [0.2, 0.25) is 0 Å². The largest absolute Gasteiger partial charge is 0.490 e. The molecule has 1 heterocycles. The van der Waals surface area contributed by atoms with E-state index in [1.54, 1.807) is 30.3 Å². The Morgan fingerprint density at radius 3 is 2.11 bits per heavy atom. The molecule has 4 amide bonds. The summed E-state index contributed by atoms with van der Waals surface area (Å²) in [5.41, 5.74) is 4.33. The van der Waals surface area contributed by atoms with Crippen molar-refractivity contribution in [1.29, 1.82) is 0 Å². The highest BCUT2D eigenvalue weighted by atomic mass is 127. The number of carbonyl (C=O) groups is 3. The van der Waals surface area contributed by atoms with Crippen LogP contribution in [0.3, 0.4) is 0 Å². The van der Waals surface area contributed by atoms with Gasteiger partial charge in [0.25, 0.3) is 11.8 Å². The van der Waals surface area contributed by atoms with Crippen molar-refractivity contribution in [3.63, 3.8) is 0 Å². The first-order valence-corrected chi connectivity index (χ1v) is 16.0. The number of imide groups is 2. The molecule has 230 valence electrons. The standard InChI is InChI=1S/C38H31IN2O5/c1-4-45-34-22-27(21-32(39)35(34)46-23-26-16-12-24(2)13-17-26)20-31-36(42)40(29-18-14-25(3)15-19-29)38(44)41(37(31)43)33-11-7-9-28-8-5-6-10-30(28)33/h5-22H,4,23H2,1-3H3/b31-20+. The topological polar surface area (TPSA) is 76.2 Å². The van der Waals surface area contributed by atoms with Crippen LogP contribution >= 0.6 is 22.6 Å². The van der Waals surface area contributed by atoms with E-state index >= 15 is 0 Å². The Labute approximate surface area is 281 Å². The van der Waals surface area contributed by atoms with Crippen LogP contribution in [0.2, 0.25) is 0 Å². The number of aryl methyl sites for hydroxylation is 2. The summed E-state index contributed by atoms with van der Waals surface area (Å²) in [6.45, 7) is 6.57. The average Bonchev–Trinajstić information content (AvgIpc) is 3.05. The van der Waals surface area contributed by atoms with Crippen LogP contribution in [0.4, 0.5) is 16.2 Å². The first-order chi connectivity index (χ1) is 22.2. The minimum absolute atomic E-state index is 0.153. The van der Waals surface area contributed by atoms with Crippen LogP contribution in [0.1, 0.15) is 29.2 Å². The third-order valence-corrected chi connectivity index (χ3v) is 8.50. The molecule has 7 nitrogen and oxygen atoms in total. The molecule has 0 unspecified atom stereocenters. The number of hydrogen-bond donors (Lipinski definition) is 0. The second-order valence-corrected chi connectivity index (χ2v) is 12.2. The number of hydrogen-bond acceptors (Lipinski definition) is 5. The molecule has 1 fully saturated rings. The molecule has 8 heteroatoms. The van der Waals surface area contributed by atoms with Gasteiger partial charge in [-0.3, -0.25) is 9.59 Å². The van der Waals surface area contributed by atoms with E-state index < -0.39 is 17.8 Å². The Kier molecular flexibility index (Phi) is 8.90. The van der Waals surface area contributed by atoms with E-state index in [2.05, 4.69) is 22.6 Å². The number of halogens is 1. The number of benzene rings is 5. The van der Waals surface area contributed by atoms with Crippen LogP contribution in [-0.4, -0.2) is 24.5 Å². The van der Waals surface area contributed by atoms with Gasteiger partial charge in [0.15, 0.2) is 11.5 Å². The normalized spacial score (nSPS) is 14.3. The summed E-state index contributed by atoms with van der Waals surface area (Å²) in [6.07, 6.45) is 1.52. The summed E-state index contributed by atoms with van der Waals surface area (Å²) in [5, 5.41) is 1.58. The van der Waals surface area contributed by atoms with Gasteiger partial charge in [-0.15, -0.1) is 0 Å². The van der Waals surface area contributed by atoms with Crippen molar-refractivity contribution in [3.8, 4) is 11.5 Å². The minimum atomic E-state index is -0.739. The van der Waals surface area contributed by atoms with Crippen molar-refractivity contribution in [2.24, 2.45) is 0 Å². The molecule has 0 N–H and O–H groups in total. The molecule has 0 saturated carbocycles. The van der Waals surface area contributed by atoms with Crippen molar-refractivity contribution in [3.05, 3.63) is 135 Å². The Morgan fingerprint density at radius 2 is 1.39 bits per heavy atom. The molecule has 0 atom stereocenters. The number of amides is 4. The maximum atomic E-state index is 14.2. The fourth-order valence-corrected chi connectivity index (χ4v) is 6.13. The maximum absolute atomic E-state index is 14.2. The van der Waals surface area contributed by atoms with Crippen molar-refractivity contribution in [1.82, 2.24) is 0 Å². The first kappa shape index (κ1) is 31.0. The van der Waals surface area contributed by atoms with Gasteiger partial charge in [0.1, 0.15) is 12.2 Å². The molecule has 0 aliphatic carbocycles. The van der Waals surface area contributed by atoms with Crippen molar-refractivity contribution >= 4 is 68.7 Å². The molecule has 1 aliphatic rings. The minimum Gasteiger partial charge on any atom is -0.490 e. The zero-order valence-corrected chi connectivity index (χ0v) is 27.8. The number of urea groups is 1. The molecule has 0 aromatic heterocycles. The molecule has 0 spiro atoms. The molecule has 0 bridgehead atoms. The second kappa shape index (κ2) is 13.2. The quantitative estimate of drug-likeness (QED) is 0.0911. The van der Waals surface area contributed by atoms with Gasteiger partial charge in [-0.2, -0.15) is 0 Å². The lowest BCUT2D eigenvalue weighted by atomic mass is 10.0. The molecular formula is C38H31IN2O5. The Balaban J connectivity index is 1.44. The van der Waals surface area contributed by atoms with Gasteiger partial charge >= 0.3 is 6.03 Å². The Bertz CT molecular complexity index is 2000. The summed E-state index contributed by atoms with van der Waals surface area (Å²) in [4.78, 5) is 44.5. The average molecular weight is 723 g/mol. The molecule has 6 rings (SSSR count). The number of barbiturate groups is 1. The lowest BCUT2D eigenvalue weighted by Crippen LogP contribution is -2.57. The zero-order chi connectivity index (χ0) is 32.4. The summed E-state index contributed by atoms with van der Waals surface area (Å²) >= 11 is 2.17. The second-order valence-electron chi connectivity index (χ2n) is 11.0. The SMILES string of the molecule is CCOc1cc(/C=C2\C(=O)N(c3ccc(C)cc3)C(=O)N(c3cccc4ccccc34)C2=O)cc(I)c1OCc1ccc(C)cc1. The van der Waals surface area contributed by atoms with Gasteiger partial charge < -0.3 is 9.47 Å². The number of rotatable bonds is 8. The monoisotopic (exact) mass is 722 g/mol. The fourth-order valence-electron chi connectivity index (χ4n) is 5.35. The number of fused-ring (bicyclic) bond motifs is 1. The molecular weight excluding hydrogens is 691 g/mol. The van der Waals surface area contributed by atoms with Crippen LogP contribution in [0, 0.1) is 17.4 Å². The third-order valence-electron chi connectivity index (χ3n) is 7.70. The number of nitrogens with zero attached hydrogens (tertiary/aromatic N) is 2. The molecule has 5 aromatic rings. The number of ether oxygens (including phenoxy) is 2. The van der Waals surface area contributed by atoms with Crippen LogP contribution < -0.4 is 19.3 Å². The molecule has 46 heavy (non-hydrogen) atoms. The highest BCUT2D eigenvalue weighted by Gasteiger charge is 2.44. The molecule has 1 aliphatic heterocycles. The lowest BCUT2D eigenvalue weighted by molar-refractivity contribution is -0.121. The predicted octanol–water partition coefficient (Wildman–Crippen LogP) is 8.62. The van der Waals surface area contributed by atoms with Gasteiger partial charge in [-0.25, -0.2) is 14.6 Å². The highest BCUT2D eigenvalue weighted by Crippen LogP contribution is 2.38. The van der Waals surface area contributed by atoms with E-state index in [4.69, 9.17) is 9.47 Å². The van der Waals surface area contributed by atoms with Crippen molar-refractivity contribution in [2.45, 2.75) is 27.4 Å². The third kappa shape index (κ3) is 6.12. The van der Waals surface area contributed by atoms with Gasteiger partial charge in [0, 0.05) is 5.39 Å². The van der Waals surface area contributed by atoms with E-state index in [0.717, 1.165) is 29.9 Å². The molecule has 1 saturated heterocycles. The number of anilines is 2. The molecule has 5 aromatic carbocycles. The Hall–Kier alpha value is -4.96. The van der Waals surface area contributed by atoms with Crippen LogP contribution in [0.15, 0.2) is 109 Å². The molecule has 0 radical (unpaired) electrons. The number of carbonyl (C=O) groups excluding carboxylic acids is 3. The van der Waals surface area contributed by atoms with Gasteiger partial charge in [0.05, 0.1) is 21.6 Å². The highest BCUT2D eigenvalue weighted by molar-refractivity contribution is 14.1. The van der Waals surface area contributed by atoms with E-state index in [1.165, 1.54) is 11.6 Å². The van der Waals surface area contributed by atoms with Gasteiger partial charge in [-0.1, -0.05) is 83.9 Å². The van der Waals surface area contributed by atoms with E-state index in [-0.39, 0.29) is 5.57 Å². The summed E-state index contributed by atoms with van der Waals surface area (Å²) < 4.78 is 12.9. The fraction of sp³-hybridized carbons (Fsp3) is 0.132. The lowest BCUT2D eigenvalue weighted by Gasteiger charge is -2.34. The van der Waals surface area contributed by atoms with Crippen molar-refractivity contribution in [2.75, 3.05) is 16.4 Å². The van der Waals surface area contributed by atoms with Crippen LogP contribution in [0.25, 0.3) is 16.8 Å². The van der Waals surface area contributed by atoms with E-state index in [1.807, 2.05) is 93.6 Å². The summed E-state index contributed by atoms with van der Waals surface area (Å²) in [7, 11) is 0. The zero-order valence-electron chi connectivity index (χ0n) is 25.6. The Morgan fingerprint density at radius 1 is 0.739 bits per heavy atom. The van der Waals surface area contributed by atoms with Crippen molar-refractivity contribution < 1.29 is 23.9 Å². The van der Waals surface area contributed by atoms with Crippen LogP contribution in [0.5, 0.6) is 11.5 Å². The maximum Gasteiger partial charge on any atom is 0.343 e. The smallest absolute Gasteiger partial charge is 0.343 e. The van der Waals surface area contributed by atoms with E-state index in [9.17, 15) is 14.4 Å². The predicted molar refractivity (Wildman–Crippen MR) is 189 cm³/mol. The van der Waals surface area contributed by atoms with E-state index in [0.29, 0.717) is 47.0 Å². The van der Waals surface area contributed by atoms with Gasteiger partial charge in [-0.05, 0) is 96.3 Å². The van der Waals surface area contributed by atoms with Crippen LogP contribution in [-0.2, 0) is 16.2 Å². The first-order valence-electron chi connectivity index (χ1n) is 14.9.